The van der Waals surface area contributed by atoms with Crippen molar-refractivity contribution in [3.05, 3.63) is 28.2 Å². The van der Waals surface area contributed by atoms with Gasteiger partial charge >= 0.3 is 0 Å². The molecule has 0 radical (unpaired) electrons. The normalized spacial score (nSPS) is 12.3. The molecule has 7 heteroatoms. The summed E-state index contributed by atoms with van der Waals surface area (Å²) >= 11 is 3.35. The van der Waals surface area contributed by atoms with E-state index in [4.69, 9.17) is 4.74 Å². The molecule has 0 fully saturated rings. The van der Waals surface area contributed by atoms with E-state index in [-0.39, 0.29) is 6.04 Å². The van der Waals surface area contributed by atoms with Gasteiger partial charge in [-0.15, -0.1) is 0 Å². The van der Waals surface area contributed by atoms with Gasteiger partial charge in [0.25, 0.3) is 0 Å². The average Bonchev–Trinajstić information content (AvgIpc) is 2.41. The van der Waals surface area contributed by atoms with E-state index in [1.807, 2.05) is 27.0 Å². The molecule has 0 spiro atoms. The van der Waals surface area contributed by atoms with Crippen molar-refractivity contribution in [2.24, 2.45) is 0 Å². The third-order valence-corrected chi connectivity index (χ3v) is 6.12. The van der Waals surface area contributed by atoms with Gasteiger partial charge in [-0.3, -0.25) is 0 Å². The summed E-state index contributed by atoms with van der Waals surface area (Å²) in [5, 5.41) is 3.02. The summed E-state index contributed by atoms with van der Waals surface area (Å²) in [7, 11) is -0.173. The fourth-order valence-corrected chi connectivity index (χ4v) is 4.62. The minimum absolute atomic E-state index is 0.134. The number of hydrogen-bond acceptors (Lipinski definition) is 4. The van der Waals surface area contributed by atoms with Gasteiger partial charge in [0.15, 0.2) is 0 Å². The summed E-state index contributed by atoms with van der Waals surface area (Å²) < 4.78 is 32.8. The molecule has 0 unspecified atom stereocenters. The molecule has 5 nitrogen and oxygen atoms in total. The van der Waals surface area contributed by atoms with Gasteiger partial charge in [-0.25, -0.2) is 8.42 Å². The lowest BCUT2D eigenvalue weighted by molar-refractivity contribution is 0.171. The quantitative estimate of drug-likeness (QED) is 0.753. The molecule has 0 heterocycles. The van der Waals surface area contributed by atoms with Crippen LogP contribution in [-0.2, 0) is 21.3 Å². The molecule has 0 aliphatic rings. The first kappa shape index (κ1) is 18.6. The molecular weight excluding hydrogens is 356 g/mol. The van der Waals surface area contributed by atoms with E-state index in [0.717, 1.165) is 5.56 Å². The first-order valence-electron chi connectivity index (χ1n) is 6.78. The van der Waals surface area contributed by atoms with Crippen molar-refractivity contribution in [3.63, 3.8) is 0 Å². The number of nitrogens with one attached hydrogen (secondary N) is 1. The summed E-state index contributed by atoms with van der Waals surface area (Å²) in [4.78, 5) is 0.292. The molecule has 120 valence electrons. The van der Waals surface area contributed by atoms with Crippen molar-refractivity contribution < 1.29 is 13.2 Å². The maximum Gasteiger partial charge on any atom is 0.244 e. The number of methoxy groups -OCH3 is 1. The highest BCUT2D eigenvalue weighted by molar-refractivity contribution is 9.10. The molecule has 0 bridgehead atoms. The number of nitrogens with zero attached hydrogens (tertiary/aromatic N) is 1. The maximum atomic E-state index is 12.9. The zero-order chi connectivity index (χ0) is 16.0. The molecule has 0 saturated carbocycles. The van der Waals surface area contributed by atoms with Crippen molar-refractivity contribution in [3.8, 4) is 0 Å². The monoisotopic (exact) mass is 378 g/mol. The van der Waals surface area contributed by atoms with Crippen LogP contribution >= 0.6 is 15.9 Å². The van der Waals surface area contributed by atoms with Crippen LogP contribution < -0.4 is 5.32 Å². The van der Waals surface area contributed by atoms with Crippen LogP contribution in [0.4, 0.5) is 0 Å². The zero-order valence-electron chi connectivity index (χ0n) is 12.9. The van der Waals surface area contributed by atoms with Crippen LogP contribution in [0.3, 0.4) is 0 Å². The van der Waals surface area contributed by atoms with Crippen LogP contribution in [-0.4, -0.2) is 46.1 Å². The van der Waals surface area contributed by atoms with E-state index in [2.05, 4.69) is 21.2 Å². The van der Waals surface area contributed by atoms with Gasteiger partial charge in [0.2, 0.25) is 10.0 Å². The molecule has 0 amide bonds. The number of benzene rings is 1. The minimum Gasteiger partial charge on any atom is -0.383 e. The van der Waals surface area contributed by atoms with Crippen molar-refractivity contribution in [1.29, 1.82) is 0 Å². The van der Waals surface area contributed by atoms with Gasteiger partial charge in [-0.05, 0) is 54.5 Å². The Labute approximate surface area is 135 Å². The molecule has 21 heavy (non-hydrogen) atoms. The maximum absolute atomic E-state index is 12.9. The van der Waals surface area contributed by atoms with E-state index in [9.17, 15) is 8.42 Å². The van der Waals surface area contributed by atoms with Gasteiger partial charge in [0.1, 0.15) is 0 Å². The summed E-state index contributed by atoms with van der Waals surface area (Å²) in [5.41, 5.74) is 0.926. The third-order valence-electron chi connectivity index (χ3n) is 3.05. The molecule has 1 rings (SSSR count). The summed E-state index contributed by atoms with van der Waals surface area (Å²) in [6.07, 6.45) is 0. The second kappa shape index (κ2) is 8.24. The molecule has 1 aromatic carbocycles. The SMILES string of the molecule is CNCc1ccc(Br)c(S(=O)(=O)N(CCOC)C(C)C)c1. The lowest BCUT2D eigenvalue weighted by Gasteiger charge is -2.26. The largest absolute Gasteiger partial charge is 0.383 e. The summed E-state index contributed by atoms with van der Waals surface area (Å²) in [6, 6.07) is 5.24. The van der Waals surface area contributed by atoms with Gasteiger partial charge in [-0.2, -0.15) is 4.31 Å². The Hall–Kier alpha value is -0.470. The van der Waals surface area contributed by atoms with Crippen LogP contribution in [0.1, 0.15) is 19.4 Å². The highest BCUT2D eigenvalue weighted by Gasteiger charge is 2.28. The van der Waals surface area contributed by atoms with E-state index in [0.29, 0.717) is 29.1 Å². The second-order valence-corrected chi connectivity index (χ2v) is 7.71. The Kier molecular flexibility index (Phi) is 7.29. The minimum atomic E-state index is -3.57. The molecule has 0 aliphatic heterocycles. The van der Waals surface area contributed by atoms with Gasteiger partial charge < -0.3 is 10.1 Å². The highest BCUT2D eigenvalue weighted by atomic mass is 79.9. The second-order valence-electron chi connectivity index (χ2n) is 5.00. The topological polar surface area (TPSA) is 58.6 Å². The molecule has 1 N–H and O–H groups in total. The first-order valence-corrected chi connectivity index (χ1v) is 9.01. The van der Waals surface area contributed by atoms with E-state index >= 15 is 0 Å². The predicted octanol–water partition coefficient (Wildman–Crippen LogP) is 2.21. The number of halogens is 1. The Morgan fingerprint density at radius 3 is 2.57 bits per heavy atom. The van der Waals surface area contributed by atoms with Crippen molar-refractivity contribution in [1.82, 2.24) is 9.62 Å². The molecule has 0 saturated heterocycles. The van der Waals surface area contributed by atoms with E-state index < -0.39 is 10.0 Å². The van der Waals surface area contributed by atoms with Gasteiger partial charge in [0, 0.05) is 30.7 Å². The molecular formula is C14H23BrN2O3S. The van der Waals surface area contributed by atoms with Crippen LogP contribution in [0.2, 0.25) is 0 Å². The van der Waals surface area contributed by atoms with E-state index in [1.54, 1.807) is 19.2 Å². The van der Waals surface area contributed by atoms with Crippen LogP contribution in [0.25, 0.3) is 0 Å². The number of hydrogen-bond donors (Lipinski definition) is 1. The van der Waals surface area contributed by atoms with Crippen LogP contribution in [0, 0.1) is 0 Å². The smallest absolute Gasteiger partial charge is 0.244 e. The zero-order valence-corrected chi connectivity index (χ0v) is 15.3. The molecule has 0 aromatic heterocycles. The number of rotatable bonds is 8. The van der Waals surface area contributed by atoms with Gasteiger partial charge in [0.05, 0.1) is 11.5 Å². The fourth-order valence-electron chi connectivity index (χ4n) is 2.02. The lowest BCUT2D eigenvalue weighted by Crippen LogP contribution is -2.39. The van der Waals surface area contributed by atoms with Crippen molar-refractivity contribution in [2.45, 2.75) is 31.3 Å². The first-order chi connectivity index (χ1) is 9.84. The number of sulfonamides is 1. The van der Waals surface area contributed by atoms with Crippen LogP contribution in [0.5, 0.6) is 0 Å². The summed E-state index contributed by atoms with van der Waals surface area (Å²) in [6.45, 7) is 5.04. The Morgan fingerprint density at radius 1 is 1.38 bits per heavy atom. The standard InChI is InChI=1S/C14H23BrN2O3S/c1-11(2)17(7-8-20-4)21(18,19)14-9-12(10-16-3)5-6-13(14)15/h5-6,9,11,16H,7-8,10H2,1-4H3. The van der Waals surface area contributed by atoms with Crippen molar-refractivity contribution >= 4 is 26.0 Å². The molecule has 0 atom stereocenters. The number of ether oxygens (including phenoxy) is 1. The average molecular weight is 379 g/mol. The summed E-state index contributed by atoms with van der Waals surface area (Å²) in [5.74, 6) is 0. The van der Waals surface area contributed by atoms with Gasteiger partial charge in [-0.1, -0.05) is 6.07 Å². The Bertz CT molecular complexity index is 561. The Balaban J connectivity index is 3.23. The van der Waals surface area contributed by atoms with Crippen LogP contribution in [0.15, 0.2) is 27.6 Å². The Morgan fingerprint density at radius 2 is 2.05 bits per heavy atom. The molecule has 0 aliphatic carbocycles. The highest BCUT2D eigenvalue weighted by Crippen LogP contribution is 2.27. The molecule has 1 aromatic rings. The third kappa shape index (κ3) is 4.75. The fraction of sp³-hybridized carbons (Fsp3) is 0.571. The predicted molar refractivity (Wildman–Crippen MR) is 87.8 cm³/mol. The van der Waals surface area contributed by atoms with Crippen molar-refractivity contribution in [2.75, 3.05) is 27.3 Å². The lowest BCUT2D eigenvalue weighted by atomic mass is 10.2. The van der Waals surface area contributed by atoms with E-state index in [1.165, 1.54) is 4.31 Å².